The van der Waals surface area contributed by atoms with Crippen LogP contribution in [0, 0.1) is 17.2 Å². The lowest BCUT2D eigenvalue weighted by molar-refractivity contribution is 0.289. The molecule has 21 heavy (non-hydrogen) atoms. The molecule has 0 amide bonds. The molecule has 2 atom stereocenters. The van der Waals surface area contributed by atoms with Crippen LogP contribution in [0.5, 0.6) is 0 Å². The van der Waals surface area contributed by atoms with Gasteiger partial charge in [0.05, 0.1) is 11.6 Å². The van der Waals surface area contributed by atoms with Gasteiger partial charge in [-0.1, -0.05) is 38.1 Å². The second kappa shape index (κ2) is 5.87. The Morgan fingerprint density at radius 2 is 2.00 bits per heavy atom. The topological polar surface area (TPSA) is 27.0 Å². The standard InChI is InChI=1S/C19H22N2/c1-3-21(4-2)13-16-11-19(16)18-7-5-6-15-10-14(12-20)8-9-17(15)18/h5-10,16,19H,3-4,11,13H2,1-2H3. The first-order chi connectivity index (χ1) is 10.3. The highest BCUT2D eigenvalue weighted by Gasteiger charge is 2.39. The van der Waals surface area contributed by atoms with Gasteiger partial charge in [-0.15, -0.1) is 0 Å². The van der Waals surface area contributed by atoms with Crippen molar-refractivity contribution in [1.82, 2.24) is 4.90 Å². The second-order valence-electron chi connectivity index (χ2n) is 5.98. The van der Waals surface area contributed by atoms with Gasteiger partial charge in [-0.25, -0.2) is 0 Å². The Morgan fingerprint density at radius 1 is 1.19 bits per heavy atom. The summed E-state index contributed by atoms with van der Waals surface area (Å²) in [7, 11) is 0. The molecule has 0 radical (unpaired) electrons. The zero-order valence-electron chi connectivity index (χ0n) is 12.8. The van der Waals surface area contributed by atoms with Gasteiger partial charge in [-0.2, -0.15) is 5.26 Å². The van der Waals surface area contributed by atoms with Gasteiger partial charge in [-0.3, -0.25) is 0 Å². The Bertz CT molecular complexity index is 680. The van der Waals surface area contributed by atoms with Gasteiger partial charge in [0, 0.05) is 6.54 Å². The second-order valence-corrected chi connectivity index (χ2v) is 5.98. The van der Waals surface area contributed by atoms with Crippen LogP contribution in [0.15, 0.2) is 36.4 Å². The molecule has 1 saturated carbocycles. The molecule has 0 spiro atoms. The van der Waals surface area contributed by atoms with Gasteiger partial charge in [-0.05, 0) is 59.8 Å². The third-order valence-electron chi connectivity index (χ3n) is 4.75. The monoisotopic (exact) mass is 278 g/mol. The minimum Gasteiger partial charge on any atom is -0.304 e. The minimum atomic E-state index is 0.697. The number of fused-ring (bicyclic) bond motifs is 1. The number of benzene rings is 2. The zero-order chi connectivity index (χ0) is 14.8. The SMILES string of the molecule is CCN(CC)CC1CC1c1cccc2cc(C#N)ccc12. The van der Waals surface area contributed by atoms with Crippen LogP contribution in [0.25, 0.3) is 10.8 Å². The molecule has 0 N–H and O–H groups in total. The van der Waals surface area contributed by atoms with Crippen molar-refractivity contribution in [3.05, 3.63) is 47.5 Å². The van der Waals surface area contributed by atoms with Crippen molar-refractivity contribution in [2.45, 2.75) is 26.2 Å². The molecular formula is C19H22N2. The van der Waals surface area contributed by atoms with Gasteiger partial charge < -0.3 is 4.90 Å². The van der Waals surface area contributed by atoms with Crippen LogP contribution >= 0.6 is 0 Å². The Balaban J connectivity index is 1.84. The predicted octanol–water partition coefficient (Wildman–Crippen LogP) is 4.16. The first kappa shape index (κ1) is 14.1. The van der Waals surface area contributed by atoms with Crippen molar-refractivity contribution < 1.29 is 0 Å². The summed E-state index contributed by atoms with van der Waals surface area (Å²) in [6.07, 6.45) is 1.30. The first-order valence-electron chi connectivity index (χ1n) is 7.92. The number of hydrogen-bond donors (Lipinski definition) is 0. The summed E-state index contributed by atoms with van der Waals surface area (Å²) in [4.78, 5) is 2.52. The van der Waals surface area contributed by atoms with Crippen molar-refractivity contribution in [3.63, 3.8) is 0 Å². The van der Waals surface area contributed by atoms with Crippen LogP contribution in [0.1, 0.15) is 37.3 Å². The maximum absolute atomic E-state index is 9.03. The fourth-order valence-electron chi connectivity index (χ4n) is 3.35. The Labute approximate surface area is 127 Å². The lowest BCUT2D eigenvalue weighted by Gasteiger charge is -2.17. The molecule has 0 saturated heterocycles. The Kier molecular flexibility index (Phi) is 3.94. The molecule has 0 aromatic heterocycles. The highest BCUT2D eigenvalue weighted by Crippen LogP contribution is 2.49. The van der Waals surface area contributed by atoms with Gasteiger partial charge in [0.15, 0.2) is 0 Å². The lowest BCUT2D eigenvalue weighted by Crippen LogP contribution is -2.25. The van der Waals surface area contributed by atoms with Gasteiger partial charge in [0.2, 0.25) is 0 Å². The minimum absolute atomic E-state index is 0.697. The summed E-state index contributed by atoms with van der Waals surface area (Å²) < 4.78 is 0. The lowest BCUT2D eigenvalue weighted by atomic mass is 9.98. The van der Waals surface area contributed by atoms with Crippen LogP contribution in [-0.4, -0.2) is 24.5 Å². The smallest absolute Gasteiger partial charge is 0.0991 e. The maximum Gasteiger partial charge on any atom is 0.0991 e. The highest BCUT2D eigenvalue weighted by atomic mass is 15.1. The van der Waals surface area contributed by atoms with Crippen LogP contribution in [0.3, 0.4) is 0 Å². The van der Waals surface area contributed by atoms with E-state index < -0.39 is 0 Å². The molecule has 2 aromatic rings. The normalized spacial score (nSPS) is 20.7. The van der Waals surface area contributed by atoms with Gasteiger partial charge >= 0.3 is 0 Å². The largest absolute Gasteiger partial charge is 0.304 e. The van der Waals surface area contributed by atoms with Crippen LogP contribution < -0.4 is 0 Å². The van der Waals surface area contributed by atoms with E-state index in [1.54, 1.807) is 0 Å². The summed E-state index contributed by atoms with van der Waals surface area (Å²) in [6.45, 7) is 7.97. The fraction of sp³-hybridized carbons (Fsp3) is 0.421. The van der Waals surface area contributed by atoms with Gasteiger partial charge in [0.25, 0.3) is 0 Å². The summed E-state index contributed by atoms with van der Waals surface area (Å²) in [5.74, 6) is 1.49. The number of hydrogen-bond acceptors (Lipinski definition) is 2. The van der Waals surface area contributed by atoms with E-state index in [-0.39, 0.29) is 0 Å². The van der Waals surface area contributed by atoms with E-state index in [0.29, 0.717) is 5.92 Å². The molecule has 1 aliphatic carbocycles. The molecular weight excluding hydrogens is 256 g/mol. The summed E-state index contributed by atoms with van der Waals surface area (Å²) >= 11 is 0. The summed E-state index contributed by atoms with van der Waals surface area (Å²) in [5.41, 5.74) is 2.21. The molecule has 0 aliphatic heterocycles. The van der Waals surface area contributed by atoms with Crippen LogP contribution in [0.4, 0.5) is 0 Å². The quantitative estimate of drug-likeness (QED) is 0.821. The Morgan fingerprint density at radius 3 is 2.71 bits per heavy atom. The van der Waals surface area contributed by atoms with Crippen LogP contribution in [0.2, 0.25) is 0 Å². The van der Waals surface area contributed by atoms with Crippen molar-refractivity contribution in [2.24, 2.45) is 5.92 Å². The molecule has 2 unspecified atom stereocenters. The zero-order valence-corrected chi connectivity index (χ0v) is 12.8. The molecule has 0 heterocycles. The van der Waals surface area contributed by atoms with E-state index in [2.05, 4.69) is 49.1 Å². The van der Waals surface area contributed by atoms with Crippen molar-refractivity contribution in [1.29, 1.82) is 5.26 Å². The molecule has 0 bridgehead atoms. The van der Waals surface area contributed by atoms with E-state index in [0.717, 1.165) is 24.6 Å². The number of nitriles is 1. The van der Waals surface area contributed by atoms with Crippen molar-refractivity contribution in [3.8, 4) is 6.07 Å². The third-order valence-corrected chi connectivity index (χ3v) is 4.75. The predicted molar refractivity (Wildman–Crippen MR) is 87.3 cm³/mol. The van der Waals surface area contributed by atoms with E-state index in [1.807, 2.05) is 12.1 Å². The summed E-state index contributed by atoms with van der Waals surface area (Å²) in [5, 5.41) is 11.5. The van der Waals surface area contributed by atoms with E-state index in [9.17, 15) is 0 Å². The molecule has 2 nitrogen and oxygen atoms in total. The number of nitrogens with zero attached hydrogens (tertiary/aromatic N) is 2. The highest BCUT2D eigenvalue weighted by molar-refractivity contribution is 5.87. The molecule has 2 heteroatoms. The molecule has 3 rings (SSSR count). The first-order valence-corrected chi connectivity index (χ1v) is 7.92. The molecule has 108 valence electrons. The maximum atomic E-state index is 9.03. The van der Waals surface area contributed by atoms with Crippen molar-refractivity contribution >= 4 is 10.8 Å². The average Bonchev–Trinajstić information content (AvgIpc) is 3.30. The van der Waals surface area contributed by atoms with E-state index in [4.69, 9.17) is 5.26 Å². The average molecular weight is 278 g/mol. The van der Waals surface area contributed by atoms with Gasteiger partial charge in [0.1, 0.15) is 0 Å². The molecule has 1 aliphatic rings. The summed E-state index contributed by atoms with van der Waals surface area (Å²) in [6, 6.07) is 14.8. The van der Waals surface area contributed by atoms with E-state index >= 15 is 0 Å². The fourth-order valence-corrected chi connectivity index (χ4v) is 3.35. The molecule has 1 fully saturated rings. The third kappa shape index (κ3) is 2.80. The Hall–Kier alpha value is -1.85. The van der Waals surface area contributed by atoms with Crippen LogP contribution in [-0.2, 0) is 0 Å². The van der Waals surface area contributed by atoms with Crippen molar-refractivity contribution in [2.75, 3.05) is 19.6 Å². The number of rotatable bonds is 5. The molecule has 2 aromatic carbocycles. The van der Waals surface area contributed by atoms with E-state index in [1.165, 1.54) is 29.3 Å².